The average molecular weight is 195 g/mol. The maximum Gasteiger partial charge on any atom is 0.0638 e. The van der Waals surface area contributed by atoms with Gasteiger partial charge in [0.15, 0.2) is 0 Å². The van der Waals surface area contributed by atoms with Gasteiger partial charge in [-0.15, -0.1) is 0 Å². The molecule has 1 aliphatic rings. The topological polar surface area (TPSA) is 39.1 Å². The molecule has 0 aromatic heterocycles. The predicted molar refractivity (Wildman–Crippen MR) is 57.9 cm³/mol. The van der Waals surface area contributed by atoms with Crippen molar-refractivity contribution in [3.8, 4) is 6.07 Å². The molecule has 0 amide bonds. The second kappa shape index (κ2) is 4.77. The molecule has 0 saturated carbocycles. The van der Waals surface area contributed by atoms with Crippen molar-refractivity contribution in [1.82, 2.24) is 10.2 Å². The highest BCUT2D eigenvalue weighted by atomic mass is 15.2. The number of hydrogen-bond donors (Lipinski definition) is 1. The Morgan fingerprint density at radius 3 is 2.86 bits per heavy atom. The molecule has 1 unspecified atom stereocenters. The summed E-state index contributed by atoms with van der Waals surface area (Å²) in [5, 5.41) is 12.2. The van der Waals surface area contributed by atoms with Gasteiger partial charge in [0.1, 0.15) is 0 Å². The summed E-state index contributed by atoms with van der Waals surface area (Å²) < 4.78 is 0. The van der Waals surface area contributed by atoms with Crippen molar-refractivity contribution in [3.63, 3.8) is 0 Å². The summed E-state index contributed by atoms with van der Waals surface area (Å²) in [7, 11) is 0. The van der Waals surface area contributed by atoms with E-state index in [2.05, 4.69) is 37.1 Å². The van der Waals surface area contributed by atoms with Crippen LogP contribution in [0.3, 0.4) is 0 Å². The normalized spacial score (nSPS) is 28.0. The van der Waals surface area contributed by atoms with Crippen molar-refractivity contribution in [1.29, 1.82) is 5.26 Å². The van der Waals surface area contributed by atoms with Gasteiger partial charge in [0.05, 0.1) is 12.5 Å². The first-order valence-electron chi connectivity index (χ1n) is 5.40. The van der Waals surface area contributed by atoms with Crippen LogP contribution in [0.15, 0.2) is 0 Å². The molecule has 1 rings (SSSR count). The highest BCUT2D eigenvalue weighted by Crippen LogP contribution is 2.19. The largest absolute Gasteiger partial charge is 0.311 e. The second-order valence-electron chi connectivity index (χ2n) is 4.93. The Bertz CT molecular complexity index is 217. The van der Waals surface area contributed by atoms with Crippen LogP contribution in [0.1, 0.15) is 27.2 Å². The number of nitriles is 1. The molecule has 1 fully saturated rings. The summed E-state index contributed by atoms with van der Waals surface area (Å²) >= 11 is 0. The van der Waals surface area contributed by atoms with Gasteiger partial charge in [-0.05, 0) is 12.0 Å². The first-order chi connectivity index (χ1) is 6.57. The third kappa shape index (κ3) is 3.28. The second-order valence-corrected chi connectivity index (χ2v) is 4.93. The molecule has 0 radical (unpaired) electrons. The van der Waals surface area contributed by atoms with E-state index >= 15 is 0 Å². The Balaban J connectivity index is 2.59. The number of hydrogen-bond acceptors (Lipinski definition) is 3. The van der Waals surface area contributed by atoms with Gasteiger partial charge in [-0.3, -0.25) is 0 Å². The molecular weight excluding hydrogens is 174 g/mol. The molecule has 1 saturated heterocycles. The van der Waals surface area contributed by atoms with E-state index < -0.39 is 0 Å². The van der Waals surface area contributed by atoms with E-state index in [4.69, 9.17) is 5.26 Å². The molecule has 1 aliphatic heterocycles. The monoisotopic (exact) mass is 195 g/mol. The molecule has 14 heavy (non-hydrogen) atoms. The summed E-state index contributed by atoms with van der Waals surface area (Å²) in [6.45, 7) is 11.0. The van der Waals surface area contributed by atoms with Crippen LogP contribution in [0.2, 0.25) is 0 Å². The Labute approximate surface area is 87.1 Å². The van der Waals surface area contributed by atoms with Crippen LogP contribution < -0.4 is 5.32 Å². The third-order valence-electron chi connectivity index (χ3n) is 2.78. The fraction of sp³-hybridized carbons (Fsp3) is 0.909. The molecular formula is C11H21N3. The zero-order valence-corrected chi connectivity index (χ0v) is 9.51. The number of nitrogens with one attached hydrogen (secondary N) is 1. The van der Waals surface area contributed by atoms with E-state index in [1.54, 1.807) is 0 Å². The molecule has 3 nitrogen and oxygen atoms in total. The van der Waals surface area contributed by atoms with Gasteiger partial charge in [0.25, 0.3) is 0 Å². The van der Waals surface area contributed by atoms with Crippen molar-refractivity contribution in [2.45, 2.75) is 33.2 Å². The van der Waals surface area contributed by atoms with Crippen LogP contribution in [-0.4, -0.2) is 37.1 Å². The van der Waals surface area contributed by atoms with Crippen LogP contribution in [0.25, 0.3) is 0 Å². The smallest absolute Gasteiger partial charge is 0.0638 e. The summed E-state index contributed by atoms with van der Waals surface area (Å²) in [4.78, 5) is 2.43. The fourth-order valence-corrected chi connectivity index (χ4v) is 2.01. The molecule has 1 atom stereocenters. The summed E-state index contributed by atoms with van der Waals surface area (Å²) in [5.74, 6) is 0. The lowest BCUT2D eigenvalue weighted by Crippen LogP contribution is -2.37. The van der Waals surface area contributed by atoms with Crippen molar-refractivity contribution in [2.24, 2.45) is 5.41 Å². The van der Waals surface area contributed by atoms with Crippen LogP contribution >= 0.6 is 0 Å². The fourth-order valence-electron chi connectivity index (χ4n) is 2.01. The van der Waals surface area contributed by atoms with Gasteiger partial charge in [0, 0.05) is 25.7 Å². The van der Waals surface area contributed by atoms with Crippen LogP contribution in [0.5, 0.6) is 0 Å². The van der Waals surface area contributed by atoms with Gasteiger partial charge < -0.3 is 10.2 Å². The highest BCUT2D eigenvalue weighted by molar-refractivity contribution is 4.89. The van der Waals surface area contributed by atoms with E-state index in [9.17, 15) is 0 Å². The minimum Gasteiger partial charge on any atom is -0.311 e. The minimum absolute atomic E-state index is 0.320. The van der Waals surface area contributed by atoms with Crippen molar-refractivity contribution in [2.75, 3.05) is 26.2 Å². The summed E-state index contributed by atoms with van der Waals surface area (Å²) in [5.41, 5.74) is 0.320. The highest BCUT2D eigenvalue weighted by Gasteiger charge is 2.27. The first-order valence-corrected chi connectivity index (χ1v) is 5.40. The van der Waals surface area contributed by atoms with E-state index in [0.29, 0.717) is 17.9 Å². The van der Waals surface area contributed by atoms with Crippen LogP contribution in [0.4, 0.5) is 0 Å². The van der Waals surface area contributed by atoms with E-state index in [0.717, 1.165) is 26.2 Å². The van der Waals surface area contributed by atoms with Crippen LogP contribution in [0, 0.1) is 16.7 Å². The quantitative estimate of drug-likeness (QED) is 0.720. The van der Waals surface area contributed by atoms with Gasteiger partial charge in [0.2, 0.25) is 0 Å². The Morgan fingerprint density at radius 1 is 1.57 bits per heavy atom. The van der Waals surface area contributed by atoms with Crippen molar-refractivity contribution >= 4 is 0 Å². The van der Waals surface area contributed by atoms with E-state index in [1.165, 1.54) is 0 Å². The molecule has 0 bridgehead atoms. The molecule has 1 heterocycles. The Hall–Kier alpha value is -0.590. The number of nitrogens with zero attached hydrogens (tertiary/aromatic N) is 2. The lowest BCUT2D eigenvalue weighted by molar-refractivity contribution is 0.210. The predicted octanol–water partition coefficient (Wildman–Crippen LogP) is 1.22. The lowest BCUT2D eigenvalue weighted by Gasteiger charge is -2.27. The average Bonchev–Trinajstić information content (AvgIpc) is 2.26. The zero-order valence-electron chi connectivity index (χ0n) is 9.51. The Morgan fingerprint density at radius 2 is 2.29 bits per heavy atom. The summed E-state index contributed by atoms with van der Waals surface area (Å²) in [6, 6.07) is 2.60. The molecule has 0 aliphatic carbocycles. The van der Waals surface area contributed by atoms with Crippen molar-refractivity contribution in [3.05, 3.63) is 0 Å². The van der Waals surface area contributed by atoms with Gasteiger partial charge in [-0.1, -0.05) is 20.8 Å². The Kier molecular flexibility index (Phi) is 3.91. The molecule has 1 N–H and O–H groups in total. The van der Waals surface area contributed by atoms with E-state index in [1.807, 2.05) is 0 Å². The van der Waals surface area contributed by atoms with Crippen molar-refractivity contribution < 1.29 is 0 Å². The zero-order chi connectivity index (χ0) is 10.6. The molecule has 0 spiro atoms. The maximum atomic E-state index is 8.69. The van der Waals surface area contributed by atoms with Crippen LogP contribution in [-0.2, 0) is 0 Å². The molecule has 80 valence electrons. The number of rotatable bonds is 2. The third-order valence-corrected chi connectivity index (χ3v) is 2.78. The standard InChI is InChI=1S/C11H21N3/c1-4-14-7-10(5-6-12)13-8-11(2,3)9-14/h10,13H,4-5,7-9H2,1-3H3. The minimum atomic E-state index is 0.320. The molecule has 0 aromatic carbocycles. The van der Waals surface area contributed by atoms with Gasteiger partial charge in [-0.2, -0.15) is 5.26 Å². The lowest BCUT2D eigenvalue weighted by atomic mass is 9.93. The SMILES string of the molecule is CCN1CC(CC#N)NCC(C)(C)C1. The summed E-state index contributed by atoms with van der Waals surface area (Å²) in [6.07, 6.45) is 0.618. The molecule has 3 heteroatoms. The van der Waals surface area contributed by atoms with Gasteiger partial charge >= 0.3 is 0 Å². The number of likely N-dealkylation sites (N-methyl/N-ethyl adjacent to an activating group) is 1. The molecule has 0 aromatic rings. The van der Waals surface area contributed by atoms with Gasteiger partial charge in [-0.25, -0.2) is 0 Å². The first kappa shape index (κ1) is 11.5. The van der Waals surface area contributed by atoms with E-state index in [-0.39, 0.29) is 0 Å². The maximum absolute atomic E-state index is 8.69.